The van der Waals surface area contributed by atoms with Crippen LogP contribution in [0.2, 0.25) is 0 Å². The van der Waals surface area contributed by atoms with Gasteiger partial charge in [0.05, 0.1) is 5.57 Å². The van der Waals surface area contributed by atoms with Gasteiger partial charge >= 0.3 is 5.97 Å². The van der Waals surface area contributed by atoms with Crippen LogP contribution in [0.15, 0.2) is 23.8 Å². The second-order valence-corrected chi connectivity index (χ2v) is 3.77. The van der Waals surface area contributed by atoms with E-state index < -0.39 is 6.10 Å². The van der Waals surface area contributed by atoms with Gasteiger partial charge in [-0.2, -0.15) is 0 Å². The Morgan fingerprint density at radius 1 is 1.53 bits per heavy atom. The highest BCUT2D eigenvalue weighted by Crippen LogP contribution is 2.30. The van der Waals surface area contributed by atoms with Gasteiger partial charge in [-0.05, 0) is 19.9 Å². The number of carbonyl (C=O) groups excluding carboxylic acids is 1. The molecule has 1 fully saturated rings. The third kappa shape index (κ3) is 1.70. The Morgan fingerprint density at radius 3 is 2.93 bits per heavy atom. The van der Waals surface area contributed by atoms with Crippen molar-refractivity contribution in [2.75, 3.05) is 0 Å². The fourth-order valence-corrected chi connectivity index (χ4v) is 1.89. The number of rotatable bonds is 1. The van der Waals surface area contributed by atoms with Crippen LogP contribution in [-0.4, -0.2) is 35.5 Å². The predicted molar refractivity (Wildman–Crippen MR) is 53.1 cm³/mol. The van der Waals surface area contributed by atoms with Crippen molar-refractivity contribution in [3.63, 3.8) is 0 Å². The first-order valence-corrected chi connectivity index (χ1v) is 5.02. The molecular formula is C11H14O4. The SMILES string of the molecule is C/C=C/[C@@H]1O[C@@H]2C(=C[C@H]1O)C(=O)O[C@H]2C. The van der Waals surface area contributed by atoms with Crippen LogP contribution in [0.3, 0.4) is 0 Å². The van der Waals surface area contributed by atoms with Crippen molar-refractivity contribution in [1.82, 2.24) is 0 Å². The molecule has 4 atom stereocenters. The molecule has 2 aliphatic heterocycles. The van der Waals surface area contributed by atoms with Crippen LogP contribution < -0.4 is 0 Å². The van der Waals surface area contributed by atoms with Gasteiger partial charge in [0.15, 0.2) is 0 Å². The van der Waals surface area contributed by atoms with Gasteiger partial charge in [-0.1, -0.05) is 12.2 Å². The fourth-order valence-electron chi connectivity index (χ4n) is 1.89. The summed E-state index contributed by atoms with van der Waals surface area (Å²) >= 11 is 0. The van der Waals surface area contributed by atoms with Crippen LogP contribution in [0.1, 0.15) is 13.8 Å². The summed E-state index contributed by atoms with van der Waals surface area (Å²) < 4.78 is 10.6. The predicted octanol–water partition coefficient (Wildman–Crippen LogP) is 0.562. The standard InChI is InChI=1S/C11H14O4/c1-3-4-9-8(12)5-7-10(15-9)6(2)14-11(7)13/h3-6,8-10,12H,1-2H3/b4-3+/t6-,8+,9-,10-/m0/s1. The van der Waals surface area contributed by atoms with Gasteiger partial charge < -0.3 is 14.6 Å². The normalized spacial score (nSPS) is 40.2. The lowest BCUT2D eigenvalue weighted by molar-refractivity contribution is -0.139. The number of ether oxygens (including phenoxy) is 2. The van der Waals surface area contributed by atoms with E-state index in [-0.39, 0.29) is 24.3 Å². The van der Waals surface area contributed by atoms with Gasteiger partial charge in [0.25, 0.3) is 0 Å². The van der Waals surface area contributed by atoms with Crippen LogP contribution in [-0.2, 0) is 14.3 Å². The summed E-state index contributed by atoms with van der Waals surface area (Å²) in [6.45, 7) is 3.64. The van der Waals surface area contributed by atoms with Crippen LogP contribution in [0.5, 0.6) is 0 Å². The molecule has 2 aliphatic rings. The van der Waals surface area contributed by atoms with E-state index >= 15 is 0 Å². The Hall–Kier alpha value is -1.13. The first-order valence-electron chi connectivity index (χ1n) is 5.02. The third-order valence-corrected chi connectivity index (χ3v) is 2.63. The average molecular weight is 210 g/mol. The fraction of sp³-hybridized carbons (Fsp3) is 0.545. The Kier molecular flexibility index (Phi) is 2.63. The minimum atomic E-state index is -0.773. The summed E-state index contributed by atoms with van der Waals surface area (Å²) in [7, 11) is 0. The lowest BCUT2D eigenvalue weighted by Gasteiger charge is -2.28. The van der Waals surface area contributed by atoms with Gasteiger partial charge in [-0.15, -0.1) is 0 Å². The quantitative estimate of drug-likeness (QED) is 0.507. The van der Waals surface area contributed by atoms with Crippen molar-refractivity contribution < 1.29 is 19.4 Å². The maximum atomic E-state index is 11.3. The molecule has 0 unspecified atom stereocenters. The molecule has 0 aromatic rings. The second-order valence-electron chi connectivity index (χ2n) is 3.77. The van der Waals surface area contributed by atoms with E-state index in [9.17, 15) is 9.90 Å². The Bertz CT molecular complexity index is 331. The number of hydrogen-bond donors (Lipinski definition) is 1. The molecule has 0 spiro atoms. The highest BCUT2D eigenvalue weighted by atomic mass is 16.6. The van der Waals surface area contributed by atoms with Crippen molar-refractivity contribution >= 4 is 5.97 Å². The largest absolute Gasteiger partial charge is 0.456 e. The minimum absolute atomic E-state index is 0.274. The number of cyclic esters (lactones) is 1. The van der Waals surface area contributed by atoms with Crippen LogP contribution in [0.25, 0.3) is 0 Å². The molecule has 0 aliphatic carbocycles. The molecule has 0 aromatic carbocycles. The average Bonchev–Trinajstić information content (AvgIpc) is 2.44. The maximum absolute atomic E-state index is 11.3. The van der Waals surface area contributed by atoms with Gasteiger partial charge in [0, 0.05) is 0 Å². The lowest BCUT2D eigenvalue weighted by atomic mass is 10.00. The zero-order valence-corrected chi connectivity index (χ0v) is 8.71. The maximum Gasteiger partial charge on any atom is 0.336 e. The number of allylic oxidation sites excluding steroid dienone is 1. The Morgan fingerprint density at radius 2 is 2.27 bits per heavy atom. The van der Waals surface area contributed by atoms with Crippen molar-refractivity contribution in [2.24, 2.45) is 0 Å². The van der Waals surface area contributed by atoms with Gasteiger partial charge in [-0.3, -0.25) is 0 Å². The zero-order valence-electron chi connectivity index (χ0n) is 8.71. The number of esters is 1. The van der Waals surface area contributed by atoms with Crippen LogP contribution in [0, 0.1) is 0 Å². The molecule has 1 saturated heterocycles. The smallest absolute Gasteiger partial charge is 0.336 e. The molecule has 0 saturated carbocycles. The summed E-state index contributed by atoms with van der Waals surface area (Å²) in [5, 5.41) is 9.69. The number of hydrogen-bond acceptors (Lipinski definition) is 4. The zero-order chi connectivity index (χ0) is 11.0. The van der Waals surface area contributed by atoms with E-state index in [2.05, 4.69) is 0 Å². The minimum Gasteiger partial charge on any atom is -0.456 e. The van der Waals surface area contributed by atoms with E-state index in [0.717, 1.165) is 0 Å². The van der Waals surface area contributed by atoms with Gasteiger partial charge in [0.2, 0.25) is 0 Å². The van der Waals surface area contributed by atoms with E-state index in [1.807, 2.05) is 13.0 Å². The van der Waals surface area contributed by atoms with E-state index in [1.54, 1.807) is 13.0 Å². The number of aliphatic hydroxyl groups excluding tert-OH is 1. The van der Waals surface area contributed by atoms with Crippen molar-refractivity contribution in [3.8, 4) is 0 Å². The van der Waals surface area contributed by atoms with E-state index in [0.29, 0.717) is 5.57 Å². The molecule has 15 heavy (non-hydrogen) atoms. The third-order valence-electron chi connectivity index (χ3n) is 2.63. The topological polar surface area (TPSA) is 55.8 Å². The Balaban J connectivity index is 2.26. The first-order chi connectivity index (χ1) is 7.13. The molecule has 82 valence electrons. The summed E-state index contributed by atoms with van der Waals surface area (Å²) in [6, 6.07) is 0. The molecule has 4 heteroatoms. The van der Waals surface area contributed by atoms with Crippen LogP contribution in [0.4, 0.5) is 0 Å². The molecule has 4 nitrogen and oxygen atoms in total. The number of carbonyl (C=O) groups is 1. The molecule has 1 N–H and O–H groups in total. The monoisotopic (exact) mass is 210 g/mol. The summed E-state index contributed by atoms with van der Waals surface area (Å²) in [5.74, 6) is -0.384. The molecule has 2 rings (SSSR count). The highest BCUT2D eigenvalue weighted by molar-refractivity contribution is 5.92. The van der Waals surface area contributed by atoms with Gasteiger partial charge in [-0.25, -0.2) is 4.79 Å². The van der Waals surface area contributed by atoms with Crippen molar-refractivity contribution in [3.05, 3.63) is 23.8 Å². The molecular weight excluding hydrogens is 196 g/mol. The van der Waals surface area contributed by atoms with E-state index in [1.165, 1.54) is 6.08 Å². The molecule has 0 amide bonds. The molecule has 0 bridgehead atoms. The van der Waals surface area contributed by atoms with E-state index in [4.69, 9.17) is 9.47 Å². The second kappa shape index (κ2) is 3.79. The van der Waals surface area contributed by atoms with Crippen LogP contribution >= 0.6 is 0 Å². The molecule has 2 heterocycles. The number of aliphatic hydroxyl groups is 1. The molecule has 0 aromatic heterocycles. The first kappa shape index (κ1) is 10.4. The molecule has 0 radical (unpaired) electrons. The summed E-state index contributed by atoms with van der Waals surface area (Å²) in [4.78, 5) is 11.3. The lowest BCUT2D eigenvalue weighted by Crippen LogP contribution is -2.38. The van der Waals surface area contributed by atoms with Crippen molar-refractivity contribution in [1.29, 1.82) is 0 Å². The summed E-state index contributed by atoms with van der Waals surface area (Å²) in [6.07, 6.45) is 3.34. The van der Waals surface area contributed by atoms with Gasteiger partial charge in [0.1, 0.15) is 24.4 Å². The highest BCUT2D eigenvalue weighted by Gasteiger charge is 2.43. The number of fused-ring (bicyclic) bond motifs is 1. The summed E-state index contributed by atoms with van der Waals surface area (Å²) in [5.41, 5.74) is 0.441. The van der Waals surface area contributed by atoms with Crippen molar-refractivity contribution in [2.45, 2.75) is 38.3 Å². The Labute approximate surface area is 88.2 Å².